The second-order valence-corrected chi connectivity index (χ2v) is 6.80. The van der Waals surface area contributed by atoms with Gasteiger partial charge in [-0.05, 0) is 43.7 Å². The summed E-state index contributed by atoms with van der Waals surface area (Å²) in [5, 5.41) is 6.07. The van der Waals surface area contributed by atoms with Gasteiger partial charge < -0.3 is 20.1 Å². The number of hydrogen-bond donors (Lipinski definition) is 2. The Morgan fingerprint density at radius 3 is 2.85 bits per heavy atom. The van der Waals surface area contributed by atoms with Gasteiger partial charge in [0, 0.05) is 42.7 Å². The van der Waals surface area contributed by atoms with Crippen LogP contribution in [0.25, 0.3) is 0 Å². The van der Waals surface area contributed by atoms with E-state index in [2.05, 4.69) is 10.6 Å². The number of carbonyl (C=O) groups excluding carboxylic acids is 1. The molecule has 0 spiro atoms. The van der Waals surface area contributed by atoms with E-state index >= 15 is 0 Å². The second kappa shape index (κ2) is 8.39. The Kier molecular flexibility index (Phi) is 5.96. The Morgan fingerprint density at radius 1 is 1.30 bits per heavy atom. The summed E-state index contributed by atoms with van der Waals surface area (Å²) >= 11 is 0. The summed E-state index contributed by atoms with van der Waals surface area (Å²) in [4.78, 5) is 12.1. The zero-order valence-corrected chi connectivity index (χ0v) is 15.9. The first-order chi connectivity index (χ1) is 13.0. The molecule has 0 unspecified atom stereocenters. The number of rotatable bonds is 7. The smallest absolute Gasteiger partial charge is 0.251 e. The molecule has 0 aliphatic carbocycles. The van der Waals surface area contributed by atoms with Crippen molar-refractivity contribution in [1.29, 1.82) is 0 Å². The van der Waals surface area contributed by atoms with Gasteiger partial charge in [-0.1, -0.05) is 6.07 Å². The molecule has 0 bridgehead atoms. The van der Waals surface area contributed by atoms with E-state index in [1.54, 1.807) is 26.2 Å². The van der Waals surface area contributed by atoms with Gasteiger partial charge in [0.1, 0.15) is 23.4 Å². The van der Waals surface area contributed by atoms with Crippen molar-refractivity contribution < 1.29 is 18.7 Å². The van der Waals surface area contributed by atoms with Crippen molar-refractivity contribution in [2.45, 2.75) is 32.9 Å². The average molecular weight is 372 g/mol. The van der Waals surface area contributed by atoms with Crippen LogP contribution in [-0.4, -0.2) is 32.2 Å². The third-order valence-corrected chi connectivity index (χ3v) is 4.64. The molecule has 2 aromatic carbocycles. The highest BCUT2D eigenvalue weighted by Crippen LogP contribution is 2.34. The first kappa shape index (κ1) is 19.2. The molecule has 2 aromatic rings. The number of halogens is 1. The Labute approximate surface area is 158 Å². The van der Waals surface area contributed by atoms with Crippen molar-refractivity contribution in [2.75, 3.05) is 20.2 Å². The van der Waals surface area contributed by atoms with Crippen molar-refractivity contribution >= 4 is 5.91 Å². The molecule has 1 heterocycles. The lowest BCUT2D eigenvalue weighted by molar-refractivity contribution is 0.0953. The molecule has 1 amide bonds. The van der Waals surface area contributed by atoms with Crippen LogP contribution in [0.3, 0.4) is 0 Å². The quantitative estimate of drug-likeness (QED) is 0.734. The van der Waals surface area contributed by atoms with Crippen LogP contribution >= 0.6 is 0 Å². The number of benzene rings is 2. The van der Waals surface area contributed by atoms with Gasteiger partial charge in [0.2, 0.25) is 0 Å². The van der Waals surface area contributed by atoms with Gasteiger partial charge in [-0.15, -0.1) is 0 Å². The van der Waals surface area contributed by atoms with Crippen LogP contribution in [0.15, 0.2) is 30.3 Å². The van der Waals surface area contributed by atoms with Crippen LogP contribution in [0.1, 0.15) is 34.0 Å². The first-order valence-electron chi connectivity index (χ1n) is 9.09. The third kappa shape index (κ3) is 4.57. The molecule has 0 saturated carbocycles. The Balaban J connectivity index is 1.48. The van der Waals surface area contributed by atoms with E-state index in [0.717, 1.165) is 23.5 Å². The molecule has 144 valence electrons. The summed E-state index contributed by atoms with van der Waals surface area (Å²) in [6, 6.07) is 8.53. The lowest BCUT2D eigenvalue weighted by Crippen LogP contribution is -2.31. The number of amides is 1. The second-order valence-electron chi connectivity index (χ2n) is 6.80. The van der Waals surface area contributed by atoms with Crippen LogP contribution in [0.2, 0.25) is 0 Å². The van der Waals surface area contributed by atoms with Crippen molar-refractivity contribution in [2.24, 2.45) is 0 Å². The molecule has 0 saturated heterocycles. The SMILES string of the molecule is COc1cc2c(cc1CNCCNC(=O)c1ccc(C)c(F)c1)O[C@H](C)C2. The van der Waals surface area contributed by atoms with Crippen molar-refractivity contribution in [3.8, 4) is 11.5 Å². The fourth-order valence-electron chi connectivity index (χ4n) is 3.13. The van der Waals surface area contributed by atoms with E-state index in [4.69, 9.17) is 9.47 Å². The number of fused-ring (bicyclic) bond motifs is 1. The van der Waals surface area contributed by atoms with Gasteiger partial charge in [-0.3, -0.25) is 4.79 Å². The predicted octanol–water partition coefficient (Wildman–Crippen LogP) is 2.99. The molecule has 5 nitrogen and oxygen atoms in total. The highest BCUT2D eigenvalue weighted by molar-refractivity contribution is 5.94. The van der Waals surface area contributed by atoms with E-state index in [1.807, 2.05) is 19.1 Å². The van der Waals surface area contributed by atoms with Crippen LogP contribution < -0.4 is 20.1 Å². The van der Waals surface area contributed by atoms with E-state index < -0.39 is 0 Å². The summed E-state index contributed by atoms with van der Waals surface area (Å²) in [7, 11) is 1.66. The summed E-state index contributed by atoms with van der Waals surface area (Å²) in [6.45, 7) is 5.34. The van der Waals surface area contributed by atoms with Crippen molar-refractivity contribution in [3.63, 3.8) is 0 Å². The topological polar surface area (TPSA) is 59.6 Å². The molecule has 0 aromatic heterocycles. The number of carbonyl (C=O) groups is 1. The third-order valence-electron chi connectivity index (χ3n) is 4.64. The molecule has 2 N–H and O–H groups in total. The zero-order chi connectivity index (χ0) is 19.4. The zero-order valence-electron chi connectivity index (χ0n) is 15.9. The van der Waals surface area contributed by atoms with Crippen LogP contribution in [0, 0.1) is 12.7 Å². The monoisotopic (exact) mass is 372 g/mol. The Hall–Kier alpha value is -2.60. The maximum Gasteiger partial charge on any atom is 0.251 e. The fraction of sp³-hybridized carbons (Fsp3) is 0.381. The van der Waals surface area contributed by atoms with Gasteiger partial charge in [0.25, 0.3) is 5.91 Å². The van der Waals surface area contributed by atoms with Gasteiger partial charge in [-0.25, -0.2) is 4.39 Å². The fourth-order valence-corrected chi connectivity index (χ4v) is 3.13. The Morgan fingerprint density at radius 2 is 2.11 bits per heavy atom. The van der Waals surface area contributed by atoms with Gasteiger partial charge in [-0.2, -0.15) is 0 Å². The summed E-state index contributed by atoms with van der Waals surface area (Å²) in [5.41, 5.74) is 3.03. The molecular weight excluding hydrogens is 347 g/mol. The minimum absolute atomic E-state index is 0.190. The number of methoxy groups -OCH3 is 1. The number of ether oxygens (including phenoxy) is 2. The molecule has 3 rings (SSSR count). The number of aryl methyl sites for hydroxylation is 1. The van der Waals surface area contributed by atoms with E-state index in [1.165, 1.54) is 11.6 Å². The van der Waals surface area contributed by atoms with Gasteiger partial charge >= 0.3 is 0 Å². The predicted molar refractivity (Wildman–Crippen MR) is 102 cm³/mol. The molecule has 1 aliphatic heterocycles. The highest BCUT2D eigenvalue weighted by Gasteiger charge is 2.21. The lowest BCUT2D eigenvalue weighted by Gasteiger charge is -2.12. The first-order valence-corrected chi connectivity index (χ1v) is 9.09. The standard InChI is InChI=1S/C21H25FN2O3/c1-13-4-5-15(9-18(13)22)21(25)24-7-6-23-12-17-11-20-16(8-14(2)27-20)10-19(17)26-3/h4-5,9-11,14,23H,6-8,12H2,1-3H3,(H,24,25)/t14-/m1/s1. The molecule has 27 heavy (non-hydrogen) atoms. The highest BCUT2D eigenvalue weighted by atomic mass is 19.1. The average Bonchev–Trinajstić information content (AvgIpc) is 3.01. The molecular formula is C21H25FN2O3. The minimum atomic E-state index is -0.374. The Bertz CT molecular complexity index is 838. The summed E-state index contributed by atoms with van der Waals surface area (Å²) in [6.07, 6.45) is 1.08. The van der Waals surface area contributed by atoms with Crippen molar-refractivity contribution in [3.05, 3.63) is 58.4 Å². The minimum Gasteiger partial charge on any atom is -0.496 e. The number of hydrogen-bond acceptors (Lipinski definition) is 4. The van der Waals surface area contributed by atoms with E-state index in [-0.39, 0.29) is 17.8 Å². The molecule has 1 aliphatic rings. The van der Waals surface area contributed by atoms with Crippen molar-refractivity contribution in [1.82, 2.24) is 10.6 Å². The maximum absolute atomic E-state index is 13.5. The molecule has 1 atom stereocenters. The van der Waals surface area contributed by atoms with Gasteiger partial charge in [0.15, 0.2) is 0 Å². The molecule has 0 fully saturated rings. The summed E-state index contributed by atoms with van der Waals surface area (Å²) in [5.74, 6) is 1.09. The maximum atomic E-state index is 13.5. The van der Waals surface area contributed by atoms with Crippen LogP contribution in [0.4, 0.5) is 4.39 Å². The normalized spacial score (nSPS) is 15.2. The van der Waals surface area contributed by atoms with Crippen LogP contribution in [-0.2, 0) is 13.0 Å². The van der Waals surface area contributed by atoms with Gasteiger partial charge in [0.05, 0.1) is 7.11 Å². The van der Waals surface area contributed by atoms with E-state index in [9.17, 15) is 9.18 Å². The molecule has 6 heteroatoms. The largest absolute Gasteiger partial charge is 0.496 e. The lowest BCUT2D eigenvalue weighted by atomic mass is 10.1. The number of nitrogens with one attached hydrogen (secondary N) is 2. The summed E-state index contributed by atoms with van der Waals surface area (Å²) < 4.78 is 24.8. The van der Waals surface area contributed by atoms with Crippen LogP contribution in [0.5, 0.6) is 11.5 Å². The van der Waals surface area contributed by atoms with E-state index in [0.29, 0.717) is 30.8 Å². The molecule has 0 radical (unpaired) electrons.